The second-order valence-electron chi connectivity index (χ2n) is 9.81. The van der Waals surface area contributed by atoms with Gasteiger partial charge >= 0.3 is 6.09 Å². The summed E-state index contributed by atoms with van der Waals surface area (Å²) >= 11 is 0. The van der Waals surface area contributed by atoms with Crippen molar-refractivity contribution in [2.24, 2.45) is 4.99 Å². The van der Waals surface area contributed by atoms with Crippen LogP contribution >= 0.6 is 0 Å². The van der Waals surface area contributed by atoms with Crippen LogP contribution in [0.15, 0.2) is 108 Å². The van der Waals surface area contributed by atoms with E-state index in [2.05, 4.69) is 82.7 Å². The van der Waals surface area contributed by atoms with Gasteiger partial charge in [0.2, 0.25) is 0 Å². The summed E-state index contributed by atoms with van der Waals surface area (Å²) in [5.74, 6) is 1.22. The van der Waals surface area contributed by atoms with Gasteiger partial charge in [-0.25, -0.2) is 4.79 Å². The zero-order chi connectivity index (χ0) is 25.0. The van der Waals surface area contributed by atoms with Crippen molar-refractivity contribution in [2.75, 3.05) is 18.0 Å². The van der Waals surface area contributed by atoms with Crippen LogP contribution in [0.4, 0.5) is 10.5 Å². The van der Waals surface area contributed by atoms with Crippen LogP contribution in [0.5, 0.6) is 5.75 Å². The summed E-state index contributed by atoms with van der Waals surface area (Å²) in [7, 11) is 0. The predicted molar refractivity (Wildman–Crippen MR) is 149 cm³/mol. The molecule has 1 amide bonds. The molecule has 2 aliphatic rings. The number of para-hydroxylation sites is 1. The number of amides is 1. The molecule has 0 fully saturated rings. The molecule has 4 aromatic carbocycles. The summed E-state index contributed by atoms with van der Waals surface area (Å²) < 4.78 is 5.32. The molecular formula is C33H30N2O2. The van der Waals surface area contributed by atoms with Gasteiger partial charge in [0.1, 0.15) is 5.75 Å². The SMILES string of the molecule is O=C(N=CCc1cc2c3c(c1)C(c1ccccc1)CCN3CCC2c1ccccc1)Oc1ccccc1. The van der Waals surface area contributed by atoms with E-state index < -0.39 is 6.09 Å². The maximum Gasteiger partial charge on any atom is 0.438 e. The second-order valence-corrected chi connectivity index (χ2v) is 9.81. The minimum atomic E-state index is -0.596. The highest BCUT2D eigenvalue weighted by Gasteiger charge is 2.34. The minimum absolute atomic E-state index is 0.362. The molecule has 2 aliphatic heterocycles. The average Bonchev–Trinajstić information content (AvgIpc) is 2.95. The molecule has 0 saturated carbocycles. The molecule has 4 aromatic rings. The van der Waals surface area contributed by atoms with Gasteiger partial charge in [0.15, 0.2) is 0 Å². The predicted octanol–water partition coefficient (Wildman–Crippen LogP) is 7.38. The summed E-state index contributed by atoms with van der Waals surface area (Å²) in [5, 5.41) is 0. The summed E-state index contributed by atoms with van der Waals surface area (Å²) in [5.41, 5.74) is 8.10. The van der Waals surface area contributed by atoms with Crippen LogP contribution in [0.2, 0.25) is 0 Å². The fourth-order valence-corrected chi connectivity index (χ4v) is 5.88. The molecule has 184 valence electrons. The van der Waals surface area contributed by atoms with Crippen LogP contribution in [0, 0.1) is 0 Å². The van der Waals surface area contributed by atoms with Crippen molar-refractivity contribution in [1.82, 2.24) is 0 Å². The molecule has 4 nitrogen and oxygen atoms in total. The second kappa shape index (κ2) is 10.4. The Labute approximate surface area is 218 Å². The van der Waals surface area contributed by atoms with Crippen LogP contribution in [0.1, 0.15) is 52.5 Å². The first-order valence-corrected chi connectivity index (χ1v) is 13.1. The van der Waals surface area contributed by atoms with E-state index in [0.29, 0.717) is 24.0 Å². The summed E-state index contributed by atoms with van der Waals surface area (Å²) in [6.07, 6.45) is 3.87. The minimum Gasteiger partial charge on any atom is -0.409 e. The van der Waals surface area contributed by atoms with E-state index in [1.54, 1.807) is 18.3 Å². The van der Waals surface area contributed by atoms with Gasteiger partial charge in [0, 0.05) is 43.2 Å². The zero-order valence-electron chi connectivity index (χ0n) is 20.8. The first-order valence-electron chi connectivity index (χ1n) is 13.1. The zero-order valence-corrected chi connectivity index (χ0v) is 20.8. The molecule has 4 heteroatoms. The van der Waals surface area contributed by atoms with Gasteiger partial charge in [-0.2, -0.15) is 4.99 Å². The normalized spacial score (nSPS) is 18.4. The van der Waals surface area contributed by atoms with Crippen molar-refractivity contribution in [3.05, 3.63) is 131 Å². The van der Waals surface area contributed by atoms with Gasteiger partial charge < -0.3 is 9.64 Å². The lowest BCUT2D eigenvalue weighted by Crippen LogP contribution is -2.37. The smallest absolute Gasteiger partial charge is 0.409 e. The fraction of sp³-hybridized carbons (Fsp3) is 0.212. The monoisotopic (exact) mass is 486 g/mol. The molecule has 0 bridgehead atoms. The molecular weight excluding hydrogens is 456 g/mol. The van der Waals surface area contributed by atoms with E-state index in [4.69, 9.17) is 4.74 Å². The number of benzene rings is 4. The third-order valence-electron chi connectivity index (χ3n) is 7.55. The molecule has 0 radical (unpaired) electrons. The Bertz CT molecular complexity index is 1330. The van der Waals surface area contributed by atoms with Crippen LogP contribution in [0.3, 0.4) is 0 Å². The Morgan fingerprint density at radius 2 is 1.30 bits per heavy atom. The van der Waals surface area contributed by atoms with Gasteiger partial charge in [0.05, 0.1) is 0 Å². The lowest BCUT2D eigenvalue weighted by Gasteiger charge is -2.43. The largest absolute Gasteiger partial charge is 0.438 e. The number of ether oxygens (including phenoxy) is 1. The number of rotatable bonds is 5. The number of aliphatic imine (C=N–C) groups is 1. The first-order chi connectivity index (χ1) is 18.3. The molecule has 6 rings (SSSR count). The van der Waals surface area contributed by atoms with Crippen LogP contribution in [-0.2, 0) is 6.42 Å². The lowest BCUT2D eigenvalue weighted by atomic mass is 9.75. The van der Waals surface area contributed by atoms with E-state index in [9.17, 15) is 4.79 Å². The van der Waals surface area contributed by atoms with E-state index in [1.807, 2.05) is 18.2 Å². The Balaban J connectivity index is 1.35. The summed E-state index contributed by atoms with van der Waals surface area (Å²) in [6, 6.07) is 35.4. The highest BCUT2D eigenvalue weighted by Crippen LogP contribution is 2.48. The topological polar surface area (TPSA) is 41.9 Å². The number of hydrogen-bond donors (Lipinski definition) is 0. The van der Waals surface area contributed by atoms with Crippen LogP contribution in [0.25, 0.3) is 0 Å². The Morgan fingerprint density at radius 3 is 1.84 bits per heavy atom. The third-order valence-corrected chi connectivity index (χ3v) is 7.55. The van der Waals surface area contributed by atoms with E-state index in [0.717, 1.165) is 25.9 Å². The van der Waals surface area contributed by atoms with Gasteiger partial charge in [-0.3, -0.25) is 0 Å². The van der Waals surface area contributed by atoms with E-state index in [1.165, 1.54) is 33.5 Å². The molecule has 2 unspecified atom stereocenters. The van der Waals surface area contributed by atoms with Crippen molar-refractivity contribution in [2.45, 2.75) is 31.1 Å². The Kier molecular flexibility index (Phi) is 6.55. The lowest BCUT2D eigenvalue weighted by molar-refractivity contribution is 0.211. The van der Waals surface area contributed by atoms with Crippen molar-refractivity contribution < 1.29 is 9.53 Å². The summed E-state index contributed by atoms with van der Waals surface area (Å²) in [6.45, 7) is 2.15. The van der Waals surface area contributed by atoms with Crippen LogP contribution in [-0.4, -0.2) is 25.4 Å². The van der Waals surface area contributed by atoms with E-state index >= 15 is 0 Å². The Morgan fingerprint density at radius 1 is 0.784 bits per heavy atom. The summed E-state index contributed by atoms with van der Waals surface area (Å²) in [4.78, 5) is 18.9. The molecule has 2 atom stereocenters. The quantitative estimate of drug-likeness (QED) is 0.277. The maximum absolute atomic E-state index is 12.3. The molecule has 37 heavy (non-hydrogen) atoms. The number of nitrogens with zero attached hydrogens (tertiary/aromatic N) is 2. The van der Waals surface area contributed by atoms with Crippen molar-refractivity contribution in [3.8, 4) is 5.75 Å². The maximum atomic E-state index is 12.3. The highest BCUT2D eigenvalue weighted by atomic mass is 16.5. The fourth-order valence-electron chi connectivity index (χ4n) is 5.88. The number of carbonyl (C=O) groups excluding carboxylic acids is 1. The number of anilines is 1. The van der Waals surface area contributed by atoms with Gasteiger partial charge in [-0.1, -0.05) is 91.0 Å². The van der Waals surface area contributed by atoms with E-state index in [-0.39, 0.29) is 0 Å². The molecule has 2 heterocycles. The molecule has 0 spiro atoms. The molecule has 0 saturated heterocycles. The van der Waals surface area contributed by atoms with Gasteiger partial charge in [-0.15, -0.1) is 0 Å². The first kappa shape index (κ1) is 23.2. The molecule has 0 aromatic heterocycles. The van der Waals surface area contributed by atoms with Crippen LogP contribution < -0.4 is 9.64 Å². The van der Waals surface area contributed by atoms with Gasteiger partial charge in [-0.05, 0) is 52.8 Å². The molecule has 0 aliphatic carbocycles. The van der Waals surface area contributed by atoms with Crippen molar-refractivity contribution >= 4 is 18.0 Å². The highest BCUT2D eigenvalue weighted by molar-refractivity contribution is 5.82. The third kappa shape index (κ3) is 4.92. The number of carbonyl (C=O) groups is 1. The average molecular weight is 487 g/mol. The van der Waals surface area contributed by atoms with Crippen molar-refractivity contribution in [1.29, 1.82) is 0 Å². The van der Waals surface area contributed by atoms with Gasteiger partial charge in [0.25, 0.3) is 0 Å². The van der Waals surface area contributed by atoms with Crippen molar-refractivity contribution in [3.63, 3.8) is 0 Å². The standard InChI is InChI=1S/C33H30N2O2/c36-33(37-27-14-8-3-9-15-27)34-19-16-24-22-30-28(25-10-4-1-5-11-25)17-20-35-21-18-29(31(23-24)32(30)35)26-12-6-2-7-13-26/h1-15,19,22-23,28-29H,16-18,20-21H2. The molecule has 0 N–H and O–H groups in total. The number of hydrogen-bond acceptors (Lipinski definition) is 3. The Hall–Kier alpha value is -4.18.